The maximum atomic E-state index is 12.8. The number of hydrogen-bond acceptors (Lipinski definition) is 6. The zero-order chi connectivity index (χ0) is 23.1. The fourth-order valence-electron chi connectivity index (χ4n) is 2.87. The van der Waals surface area contributed by atoms with E-state index >= 15 is 0 Å². The summed E-state index contributed by atoms with van der Waals surface area (Å²) < 4.78 is 10.5. The lowest BCUT2D eigenvalue weighted by Gasteiger charge is -2.22. The van der Waals surface area contributed by atoms with Crippen LogP contribution in [-0.2, 0) is 11.3 Å². The summed E-state index contributed by atoms with van der Waals surface area (Å²) in [5.41, 5.74) is 0.523. The molecule has 0 radical (unpaired) electrons. The number of non-ortho nitro benzene ring substituents is 1. The number of hydrogen-bond donors (Lipinski definition) is 2. The third-order valence-electron chi connectivity index (χ3n) is 4.58. The normalized spacial score (nSPS) is 11.5. The summed E-state index contributed by atoms with van der Waals surface area (Å²) in [5.74, 6) is -0.0255. The SMILES string of the molecule is COc1ccc(OC)c(CNC(=O)C(NC(=O)c2ccc([N+](=O)[O-])cc2Cl)C(C)C)c1. The molecular formula is C21H24ClN3O6. The molecule has 0 aliphatic rings. The maximum absolute atomic E-state index is 12.8. The van der Waals surface area contributed by atoms with E-state index < -0.39 is 22.8 Å². The molecule has 2 aromatic carbocycles. The summed E-state index contributed by atoms with van der Waals surface area (Å²) in [5, 5.41) is 16.2. The van der Waals surface area contributed by atoms with E-state index in [0.29, 0.717) is 17.1 Å². The fraction of sp³-hybridized carbons (Fsp3) is 0.333. The third kappa shape index (κ3) is 6.08. The average Bonchev–Trinajstić information content (AvgIpc) is 2.74. The van der Waals surface area contributed by atoms with Gasteiger partial charge in [-0.15, -0.1) is 0 Å². The lowest BCUT2D eigenvalue weighted by atomic mass is 10.0. The van der Waals surface area contributed by atoms with Crippen molar-refractivity contribution in [3.05, 3.63) is 62.7 Å². The van der Waals surface area contributed by atoms with Crippen LogP contribution in [-0.4, -0.2) is 37.0 Å². The van der Waals surface area contributed by atoms with Crippen LogP contribution in [0.5, 0.6) is 11.5 Å². The van der Waals surface area contributed by atoms with Crippen LogP contribution in [0.15, 0.2) is 36.4 Å². The van der Waals surface area contributed by atoms with E-state index in [-0.39, 0.29) is 28.7 Å². The van der Waals surface area contributed by atoms with Crippen LogP contribution in [0, 0.1) is 16.0 Å². The van der Waals surface area contributed by atoms with E-state index in [0.717, 1.165) is 6.07 Å². The predicted octanol–water partition coefficient (Wildman–Crippen LogP) is 3.34. The molecule has 0 spiro atoms. The van der Waals surface area contributed by atoms with Crippen molar-refractivity contribution < 1.29 is 24.0 Å². The summed E-state index contributed by atoms with van der Waals surface area (Å²) in [6.45, 7) is 3.73. The molecule has 0 saturated heterocycles. The Morgan fingerprint density at radius 2 is 1.84 bits per heavy atom. The number of methoxy groups -OCH3 is 2. The molecular weight excluding hydrogens is 426 g/mol. The second kappa shape index (κ2) is 10.6. The summed E-state index contributed by atoms with van der Waals surface area (Å²) >= 11 is 6.02. The minimum atomic E-state index is -0.852. The molecule has 2 rings (SSSR count). The van der Waals surface area contributed by atoms with Gasteiger partial charge in [-0.05, 0) is 30.2 Å². The minimum absolute atomic E-state index is 0.0418. The highest BCUT2D eigenvalue weighted by atomic mass is 35.5. The third-order valence-corrected chi connectivity index (χ3v) is 4.90. The molecule has 0 saturated carbocycles. The van der Waals surface area contributed by atoms with Gasteiger partial charge in [0.05, 0.1) is 29.7 Å². The van der Waals surface area contributed by atoms with Gasteiger partial charge in [0.2, 0.25) is 5.91 Å². The first-order valence-electron chi connectivity index (χ1n) is 9.41. The summed E-state index contributed by atoms with van der Waals surface area (Å²) in [6.07, 6.45) is 0. The molecule has 166 valence electrons. The van der Waals surface area contributed by atoms with Crippen LogP contribution in [0.3, 0.4) is 0 Å². The Bertz CT molecular complexity index is 980. The molecule has 10 heteroatoms. The maximum Gasteiger partial charge on any atom is 0.270 e. The van der Waals surface area contributed by atoms with Crippen molar-refractivity contribution in [3.63, 3.8) is 0 Å². The van der Waals surface area contributed by atoms with Crippen molar-refractivity contribution in [2.75, 3.05) is 14.2 Å². The van der Waals surface area contributed by atoms with Crippen molar-refractivity contribution in [3.8, 4) is 11.5 Å². The van der Waals surface area contributed by atoms with Gasteiger partial charge in [-0.1, -0.05) is 25.4 Å². The molecule has 0 aliphatic carbocycles. The van der Waals surface area contributed by atoms with E-state index in [9.17, 15) is 19.7 Å². The second-order valence-electron chi connectivity index (χ2n) is 7.01. The Morgan fingerprint density at radius 3 is 2.39 bits per heavy atom. The lowest BCUT2D eigenvalue weighted by molar-refractivity contribution is -0.384. The fourth-order valence-corrected chi connectivity index (χ4v) is 3.13. The van der Waals surface area contributed by atoms with Gasteiger partial charge in [0.15, 0.2) is 0 Å². The predicted molar refractivity (Wildman–Crippen MR) is 116 cm³/mol. The zero-order valence-corrected chi connectivity index (χ0v) is 18.4. The Hall–Kier alpha value is -3.33. The smallest absolute Gasteiger partial charge is 0.270 e. The Labute approximate surface area is 184 Å². The highest BCUT2D eigenvalue weighted by molar-refractivity contribution is 6.34. The van der Waals surface area contributed by atoms with E-state index in [2.05, 4.69) is 10.6 Å². The number of nitro groups is 1. The number of nitrogens with zero attached hydrogens (tertiary/aromatic N) is 1. The van der Waals surface area contributed by atoms with Gasteiger partial charge >= 0.3 is 0 Å². The first-order valence-corrected chi connectivity index (χ1v) is 9.79. The van der Waals surface area contributed by atoms with Crippen LogP contribution in [0.25, 0.3) is 0 Å². The lowest BCUT2D eigenvalue weighted by Crippen LogP contribution is -2.49. The number of benzene rings is 2. The number of nitro benzene ring substituents is 1. The van der Waals surface area contributed by atoms with Crippen LogP contribution >= 0.6 is 11.6 Å². The van der Waals surface area contributed by atoms with E-state index in [1.54, 1.807) is 32.0 Å². The molecule has 0 heterocycles. The first kappa shape index (κ1) is 23.9. The van der Waals surface area contributed by atoms with Gasteiger partial charge in [-0.2, -0.15) is 0 Å². The second-order valence-corrected chi connectivity index (χ2v) is 7.42. The molecule has 2 aromatic rings. The number of halogens is 1. The summed E-state index contributed by atoms with van der Waals surface area (Å²) in [7, 11) is 3.07. The first-order chi connectivity index (χ1) is 14.7. The number of carbonyl (C=O) groups excluding carboxylic acids is 2. The number of carbonyl (C=O) groups is 2. The molecule has 2 amide bonds. The topological polar surface area (TPSA) is 120 Å². The highest BCUT2D eigenvalue weighted by Crippen LogP contribution is 2.24. The van der Waals surface area contributed by atoms with Gasteiger partial charge in [0, 0.05) is 24.2 Å². The monoisotopic (exact) mass is 449 g/mol. The number of amides is 2. The Balaban J connectivity index is 2.13. The van der Waals surface area contributed by atoms with E-state index in [1.165, 1.54) is 26.4 Å². The average molecular weight is 450 g/mol. The van der Waals surface area contributed by atoms with Gasteiger partial charge in [0.25, 0.3) is 11.6 Å². The molecule has 0 bridgehead atoms. The van der Waals surface area contributed by atoms with Crippen molar-refractivity contribution in [2.24, 2.45) is 5.92 Å². The van der Waals surface area contributed by atoms with Gasteiger partial charge in [-0.3, -0.25) is 19.7 Å². The molecule has 2 N–H and O–H groups in total. The van der Waals surface area contributed by atoms with Crippen molar-refractivity contribution >= 4 is 29.1 Å². The van der Waals surface area contributed by atoms with Crippen LogP contribution in [0.1, 0.15) is 29.8 Å². The van der Waals surface area contributed by atoms with E-state index in [4.69, 9.17) is 21.1 Å². The molecule has 0 aromatic heterocycles. The van der Waals surface area contributed by atoms with Gasteiger partial charge in [0.1, 0.15) is 17.5 Å². The Morgan fingerprint density at radius 1 is 1.13 bits per heavy atom. The molecule has 1 atom stereocenters. The minimum Gasteiger partial charge on any atom is -0.497 e. The van der Waals surface area contributed by atoms with Gasteiger partial charge < -0.3 is 20.1 Å². The zero-order valence-electron chi connectivity index (χ0n) is 17.6. The van der Waals surface area contributed by atoms with Crippen LogP contribution < -0.4 is 20.1 Å². The molecule has 31 heavy (non-hydrogen) atoms. The number of ether oxygens (including phenoxy) is 2. The van der Waals surface area contributed by atoms with Crippen molar-refractivity contribution in [1.82, 2.24) is 10.6 Å². The molecule has 1 unspecified atom stereocenters. The van der Waals surface area contributed by atoms with Gasteiger partial charge in [-0.25, -0.2) is 0 Å². The van der Waals surface area contributed by atoms with E-state index in [1.807, 2.05) is 0 Å². The van der Waals surface area contributed by atoms with Crippen LogP contribution in [0.4, 0.5) is 5.69 Å². The molecule has 9 nitrogen and oxygen atoms in total. The molecule has 0 fully saturated rings. The standard InChI is InChI=1S/C21H24ClN3O6/c1-12(2)19(24-20(26)16-7-5-14(25(28)29)10-17(16)22)21(27)23-11-13-9-15(30-3)6-8-18(13)31-4/h5-10,12,19H,11H2,1-4H3,(H,23,27)(H,24,26). The van der Waals surface area contributed by atoms with Crippen LogP contribution in [0.2, 0.25) is 5.02 Å². The Kier molecular flexibility index (Phi) is 8.21. The van der Waals surface area contributed by atoms with Crippen molar-refractivity contribution in [2.45, 2.75) is 26.4 Å². The number of rotatable bonds is 9. The summed E-state index contributed by atoms with van der Waals surface area (Å²) in [4.78, 5) is 35.7. The quantitative estimate of drug-likeness (QED) is 0.447. The largest absolute Gasteiger partial charge is 0.497 e. The molecule has 0 aliphatic heterocycles. The summed E-state index contributed by atoms with van der Waals surface area (Å²) in [6, 6.07) is 7.91. The highest BCUT2D eigenvalue weighted by Gasteiger charge is 2.26. The van der Waals surface area contributed by atoms with Crippen molar-refractivity contribution in [1.29, 1.82) is 0 Å². The number of nitrogens with one attached hydrogen (secondary N) is 2.